The van der Waals surface area contributed by atoms with Gasteiger partial charge in [0, 0.05) is 19.4 Å². The summed E-state index contributed by atoms with van der Waals surface area (Å²) in [5.74, 6) is -0.692. The molecule has 2 amide bonds. The highest BCUT2D eigenvalue weighted by Gasteiger charge is 2.16. The summed E-state index contributed by atoms with van der Waals surface area (Å²) >= 11 is 5.81. The van der Waals surface area contributed by atoms with Crippen LogP contribution in [0.4, 0.5) is 0 Å². The van der Waals surface area contributed by atoms with Gasteiger partial charge in [-0.1, -0.05) is 11.6 Å². The molecule has 0 spiro atoms. The van der Waals surface area contributed by atoms with E-state index in [2.05, 4.69) is 15.6 Å². The first kappa shape index (κ1) is 12.4. The average molecular weight is 242 g/mol. The first-order chi connectivity index (χ1) is 7.56. The summed E-state index contributed by atoms with van der Waals surface area (Å²) in [7, 11) is 1.50. The predicted octanol–water partition coefficient (Wildman–Crippen LogP) is 0.599. The standard InChI is InChI=1S/C10H12ClN3O2/c1-6(9(15)12-2)14-10(16)7-5-13-4-3-8(7)11/h3-6H,1-2H3,(H,12,15)(H,14,16). The van der Waals surface area contributed by atoms with E-state index in [0.717, 1.165) is 0 Å². The fourth-order valence-electron chi connectivity index (χ4n) is 1.10. The summed E-state index contributed by atoms with van der Waals surface area (Å²) in [4.78, 5) is 26.7. The summed E-state index contributed by atoms with van der Waals surface area (Å²) in [5.41, 5.74) is 0.250. The van der Waals surface area contributed by atoms with Crippen molar-refractivity contribution >= 4 is 23.4 Å². The van der Waals surface area contributed by atoms with Gasteiger partial charge in [0.2, 0.25) is 5.91 Å². The van der Waals surface area contributed by atoms with Crippen molar-refractivity contribution in [2.75, 3.05) is 7.05 Å². The summed E-state index contributed by atoms with van der Waals surface area (Å²) < 4.78 is 0. The van der Waals surface area contributed by atoms with Gasteiger partial charge in [0.1, 0.15) is 6.04 Å². The van der Waals surface area contributed by atoms with Crippen LogP contribution in [0, 0.1) is 0 Å². The lowest BCUT2D eigenvalue weighted by Gasteiger charge is -2.12. The molecular formula is C10H12ClN3O2. The molecule has 0 aliphatic rings. The molecule has 0 bridgehead atoms. The largest absolute Gasteiger partial charge is 0.357 e. The highest BCUT2D eigenvalue weighted by atomic mass is 35.5. The van der Waals surface area contributed by atoms with Crippen molar-refractivity contribution in [1.29, 1.82) is 0 Å². The number of carbonyl (C=O) groups is 2. The summed E-state index contributed by atoms with van der Waals surface area (Å²) in [6.07, 6.45) is 2.84. The number of rotatable bonds is 3. The minimum absolute atomic E-state index is 0.250. The van der Waals surface area contributed by atoms with Gasteiger partial charge in [-0.05, 0) is 13.0 Å². The van der Waals surface area contributed by atoms with Crippen LogP contribution < -0.4 is 10.6 Å². The van der Waals surface area contributed by atoms with Gasteiger partial charge in [-0.25, -0.2) is 0 Å². The van der Waals surface area contributed by atoms with Gasteiger partial charge in [0.15, 0.2) is 0 Å². The second-order valence-corrected chi connectivity index (χ2v) is 3.57. The number of nitrogens with one attached hydrogen (secondary N) is 2. The third kappa shape index (κ3) is 2.93. The van der Waals surface area contributed by atoms with Crippen LogP contribution in [0.2, 0.25) is 5.02 Å². The molecule has 1 heterocycles. The van der Waals surface area contributed by atoms with E-state index >= 15 is 0 Å². The van der Waals surface area contributed by atoms with Crippen LogP contribution in [0.25, 0.3) is 0 Å². The lowest BCUT2D eigenvalue weighted by atomic mass is 10.2. The van der Waals surface area contributed by atoms with Crippen LogP contribution in [0.15, 0.2) is 18.5 Å². The molecule has 16 heavy (non-hydrogen) atoms. The number of carbonyl (C=O) groups excluding carboxylic acids is 2. The van der Waals surface area contributed by atoms with Crippen molar-refractivity contribution in [2.45, 2.75) is 13.0 Å². The molecule has 0 saturated carbocycles. The van der Waals surface area contributed by atoms with Gasteiger partial charge in [-0.3, -0.25) is 14.6 Å². The maximum absolute atomic E-state index is 11.7. The smallest absolute Gasteiger partial charge is 0.255 e. The number of likely N-dealkylation sites (N-methyl/N-ethyl adjacent to an activating group) is 1. The van der Waals surface area contributed by atoms with Gasteiger partial charge in [-0.2, -0.15) is 0 Å². The number of aromatic nitrogens is 1. The van der Waals surface area contributed by atoms with E-state index in [-0.39, 0.29) is 11.5 Å². The van der Waals surface area contributed by atoms with Gasteiger partial charge < -0.3 is 10.6 Å². The van der Waals surface area contributed by atoms with Crippen molar-refractivity contribution in [3.8, 4) is 0 Å². The number of halogens is 1. The molecule has 1 unspecified atom stereocenters. The molecule has 0 aromatic carbocycles. The van der Waals surface area contributed by atoms with E-state index in [1.165, 1.54) is 25.5 Å². The third-order valence-corrected chi connectivity index (χ3v) is 2.33. The van der Waals surface area contributed by atoms with Gasteiger partial charge in [-0.15, -0.1) is 0 Å². The Morgan fingerprint density at radius 2 is 2.19 bits per heavy atom. The Morgan fingerprint density at radius 3 is 2.75 bits per heavy atom. The van der Waals surface area contributed by atoms with E-state index in [4.69, 9.17) is 11.6 Å². The quantitative estimate of drug-likeness (QED) is 0.814. The molecule has 0 fully saturated rings. The zero-order valence-corrected chi connectivity index (χ0v) is 9.71. The molecule has 1 atom stereocenters. The molecule has 0 aliphatic carbocycles. The van der Waals surface area contributed by atoms with Crippen molar-refractivity contribution in [1.82, 2.24) is 15.6 Å². The Bertz CT molecular complexity index is 409. The van der Waals surface area contributed by atoms with Crippen LogP contribution in [-0.2, 0) is 4.79 Å². The second-order valence-electron chi connectivity index (χ2n) is 3.16. The van der Waals surface area contributed by atoms with Crippen LogP contribution in [0.5, 0.6) is 0 Å². The van der Waals surface area contributed by atoms with Crippen LogP contribution in [0.3, 0.4) is 0 Å². The predicted molar refractivity (Wildman–Crippen MR) is 60.2 cm³/mol. The molecule has 2 N–H and O–H groups in total. The summed E-state index contributed by atoms with van der Waals surface area (Å²) in [6.45, 7) is 1.58. The lowest BCUT2D eigenvalue weighted by Crippen LogP contribution is -2.43. The maximum Gasteiger partial charge on any atom is 0.255 e. The first-order valence-corrected chi connectivity index (χ1v) is 5.06. The SMILES string of the molecule is CNC(=O)C(C)NC(=O)c1cnccc1Cl. The Morgan fingerprint density at radius 1 is 1.50 bits per heavy atom. The zero-order chi connectivity index (χ0) is 12.1. The molecule has 0 radical (unpaired) electrons. The third-order valence-electron chi connectivity index (χ3n) is 2.00. The molecule has 1 rings (SSSR count). The van der Waals surface area contributed by atoms with E-state index in [0.29, 0.717) is 5.02 Å². The molecule has 1 aromatic heterocycles. The number of amides is 2. The van der Waals surface area contributed by atoms with E-state index in [9.17, 15) is 9.59 Å². The molecule has 1 aromatic rings. The van der Waals surface area contributed by atoms with Gasteiger partial charge in [0.05, 0.1) is 10.6 Å². The molecule has 0 saturated heterocycles. The van der Waals surface area contributed by atoms with E-state index in [1.54, 1.807) is 6.92 Å². The van der Waals surface area contributed by atoms with Crippen molar-refractivity contribution in [3.05, 3.63) is 29.0 Å². The van der Waals surface area contributed by atoms with Gasteiger partial charge in [0.25, 0.3) is 5.91 Å². The highest BCUT2D eigenvalue weighted by molar-refractivity contribution is 6.33. The van der Waals surface area contributed by atoms with Crippen LogP contribution in [0.1, 0.15) is 17.3 Å². The van der Waals surface area contributed by atoms with Crippen LogP contribution >= 0.6 is 11.6 Å². The van der Waals surface area contributed by atoms with Crippen LogP contribution in [-0.4, -0.2) is 29.9 Å². The molecular weight excluding hydrogens is 230 g/mol. The Balaban J connectivity index is 2.73. The molecule has 86 valence electrons. The number of pyridine rings is 1. The lowest BCUT2D eigenvalue weighted by molar-refractivity contribution is -0.122. The van der Waals surface area contributed by atoms with Crippen molar-refractivity contribution < 1.29 is 9.59 Å². The first-order valence-electron chi connectivity index (χ1n) is 4.68. The molecule has 6 heteroatoms. The number of nitrogens with zero attached hydrogens (tertiary/aromatic N) is 1. The molecule has 0 aliphatic heterocycles. The Kier molecular flexibility index (Phi) is 4.25. The highest BCUT2D eigenvalue weighted by Crippen LogP contribution is 2.13. The number of hydrogen-bond donors (Lipinski definition) is 2. The minimum Gasteiger partial charge on any atom is -0.357 e. The summed E-state index contributed by atoms with van der Waals surface area (Å²) in [6, 6.07) is 0.898. The Labute approximate surface area is 98.2 Å². The normalized spacial score (nSPS) is 11.7. The van der Waals surface area contributed by atoms with Gasteiger partial charge >= 0.3 is 0 Å². The topological polar surface area (TPSA) is 71.1 Å². The fourth-order valence-corrected chi connectivity index (χ4v) is 1.29. The Hall–Kier alpha value is -1.62. The van der Waals surface area contributed by atoms with E-state index in [1.807, 2.05) is 0 Å². The second kappa shape index (κ2) is 5.46. The monoisotopic (exact) mass is 241 g/mol. The fraction of sp³-hybridized carbons (Fsp3) is 0.300. The zero-order valence-electron chi connectivity index (χ0n) is 8.95. The molecule has 5 nitrogen and oxygen atoms in total. The van der Waals surface area contributed by atoms with Crippen molar-refractivity contribution in [3.63, 3.8) is 0 Å². The summed E-state index contributed by atoms with van der Waals surface area (Å²) in [5, 5.41) is 5.25. The van der Waals surface area contributed by atoms with Crippen molar-refractivity contribution in [2.24, 2.45) is 0 Å². The maximum atomic E-state index is 11.7. The van der Waals surface area contributed by atoms with E-state index < -0.39 is 11.9 Å². The average Bonchev–Trinajstić information content (AvgIpc) is 2.28. The minimum atomic E-state index is -0.617. The number of hydrogen-bond acceptors (Lipinski definition) is 3.